The minimum atomic E-state index is 1.01. The van der Waals surface area contributed by atoms with Crippen molar-refractivity contribution in [1.82, 2.24) is 14.7 Å². The monoisotopic (exact) mass is 319 g/mol. The van der Waals surface area contributed by atoms with E-state index >= 15 is 0 Å². The molecule has 0 spiro atoms. The summed E-state index contributed by atoms with van der Waals surface area (Å²) in [5.41, 5.74) is 4.27. The summed E-state index contributed by atoms with van der Waals surface area (Å²) < 4.78 is 0. The van der Waals surface area contributed by atoms with Gasteiger partial charge in [-0.2, -0.15) is 0 Å². The van der Waals surface area contributed by atoms with Gasteiger partial charge < -0.3 is 9.80 Å². The lowest BCUT2D eigenvalue weighted by molar-refractivity contribution is 0.138. The fourth-order valence-corrected chi connectivity index (χ4v) is 3.64. The van der Waals surface area contributed by atoms with Crippen LogP contribution in [0.1, 0.15) is 11.1 Å². The van der Waals surface area contributed by atoms with Gasteiger partial charge in [-0.15, -0.1) is 0 Å². The van der Waals surface area contributed by atoms with Gasteiger partial charge in [-0.3, -0.25) is 4.90 Å². The molecule has 1 fully saturated rings. The summed E-state index contributed by atoms with van der Waals surface area (Å²) >= 11 is 0. The molecule has 2 aromatic rings. The smallest absolute Gasteiger partial charge is 0.0438 e. The average Bonchev–Trinajstić information content (AvgIpc) is 2.63. The van der Waals surface area contributed by atoms with Crippen molar-refractivity contribution in [2.24, 2.45) is 0 Å². The minimum absolute atomic E-state index is 1.01. The third-order valence-electron chi connectivity index (χ3n) is 4.94. The Labute approximate surface area is 144 Å². The Kier molecular flexibility index (Phi) is 4.52. The molecule has 0 N–H and O–H groups in total. The highest BCUT2D eigenvalue weighted by Crippen LogP contribution is 2.21. The molecule has 0 radical (unpaired) electrons. The summed E-state index contributed by atoms with van der Waals surface area (Å²) in [6.07, 6.45) is 2.38. The highest BCUT2D eigenvalue weighted by Gasteiger charge is 2.24. The zero-order chi connectivity index (χ0) is 16.2. The van der Waals surface area contributed by atoms with Crippen LogP contribution < -0.4 is 0 Å². The quantitative estimate of drug-likeness (QED) is 0.857. The first kappa shape index (κ1) is 15.3. The Morgan fingerprint density at radius 1 is 0.667 bits per heavy atom. The van der Waals surface area contributed by atoms with Gasteiger partial charge in [0.15, 0.2) is 0 Å². The Balaban J connectivity index is 1.42. The van der Waals surface area contributed by atoms with Crippen molar-refractivity contribution in [2.45, 2.75) is 13.1 Å². The summed E-state index contributed by atoms with van der Waals surface area (Å²) in [6, 6.07) is 21.6. The molecule has 0 atom stereocenters. The zero-order valence-corrected chi connectivity index (χ0v) is 14.1. The number of piperazine rings is 1. The normalized spacial score (nSPS) is 18.2. The predicted molar refractivity (Wildman–Crippen MR) is 98.2 cm³/mol. The Bertz CT molecular complexity index is 681. The van der Waals surface area contributed by atoms with Crippen LogP contribution in [0.25, 0.3) is 0 Å². The van der Waals surface area contributed by atoms with Gasteiger partial charge in [-0.1, -0.05) is 60.7 Å². The molecule has 0 unspecified atom stereocenters. The molecule has 1 saturated heterocycles. The van der Waals surface area contributed by atoms with Crippen LogP contribution >= 0.6 is 0 Å². The highest BCUT2D eigenvalue weighted by molar-refractivity contribution is 5.18. The molecule has 0 bridgehead atoms. The van der Waals surface area contributed by atoms with Crippen molar-refractivity contribution in [3.63, 3.8) is 0 Å². The van der Waals surface area contributed by atoms with Gasteiger partial charge in [-0.25, -0.2) is 0 Å². The molecule has 4 rings (SSSR count). The van der Waals surface area contributed by atoms with Crippen molar-refractivity contribution in [2.75, 3.05) is 32.7 Å². The fourth-order valence-electron chi connectivity index (χ4n) is 3.64. The van der Waals surface area contributed by atoms with Gasteiger partial charge in [0.1, 0.15) is 0 Å². The number of rotatable bonds is 4. The van der Waals surface area contributed by atoms with Crippen LogP contribution in [0.5, 0.6) is 0 Å². The fraction of sp³-hybridized carbons (Fsp3) is 0.333. The lowest BCUT2D eigenvalue weighted by atomic mass is 10.1. The molecular formula is C21H25N3. The van der Waals surface area contributed by atoms with Gasteiger partial charge in [0, 0.05) is 57.7 Å². The zero-order valence-electron chi connectivity index (χ0n) is 14.1. The van der Waals surface area contributed by atoms with Crippen molar-refractivity contribution in [3.8, 4) is 0 Å². The molecule has 2 aliphatic rings. The maximum Gasteiger partial charge on any atom is 0.0438 e. The summed E-state index contributed by atoms with van der Waals surface area (Å²) in [5.74, 6) is 0. The first-order valence-corrected chi connectivity index (χ1v) is 8.87. The standard InChI is InChI=1S/C21H25N3/c1-3-7-19(8-4-1)15-22-11-13-24-14-12-23(18-21(24)17-22)16-20-9-5-2-6-10-20/h1-10,17H,11-16,18H2. The van der Waals surface area contributed by atoms with Crippen molar-refractivity contribution >= 4 is 0 Å². The summed E-state index contributed by atoms with van der Waals surface area (Å²) in [5, 5.41) is 0. The molecular weight excluding hydrogens is 294 g/mol. The molecule has 0 aromatic heterocycles. The Morgan fingerprint density at radius 2 is 1.29 bits per heavy atom. The van der Waals surface area contributed by atoms with Gasteiger partial charge >= 0.3 is 0 Å². The average molecular weight is 319 g/mol. The molecule has 124 valence electrons. The van der Waals surface area contributed by atoms with Crippen LogP contribution in [0.3, 0.4) is 0 Å². The molecule has 0 aliphatic carbocycles. The van der Waals surface area contributed by atoms with Crippen LogP contribution in [0, 0.1) is 0 Å². The third-order valence-corrected chi connectivity index (χ3v) is 4.94. The molecule has 2 aromatic carbocycles. The number of hydrogen-bond donors (Lipinski definition) is 0. The summed E-state index contributed by atoms with van der Waals surface area (Å²) in [4.78, 5) is 7.58. The van der Waals surface area contributed by atoms with Crippen LogP contribution in [0.15, 0.2) is 72.6 Å². The van der Waals surface area contributed by atoms with Crippen LogP contribution in [0.2, 0.25) is 0 Å². The molecule has 3 heteroatoms. The van der Waals surface area contributed by atoms with E-state index in [0.717, 1.165) is 45.8 Å². The second kappa shape index (κ2) is 7.10. The van der Waals surface area contributed by atoms with E-state index in [4.69, 9.17) is 0 Å². The van der Waals surface area contributed by atoms with E-state index in [1.54, 1.807) is 0 Å². The van der Waals surface area contributed by atoms with Crippen LogP contribution in [0.4, 0.5) is 0 Å². The van der Waals surface area contributed by atoms with E-state index in [9.17, 15) is 0 Å². The van der Waals surface area contributed by atoms with E-state index in [1.807, 2.05) is 0 Å². The van der Waals surface area contributed by atoms with E-state index in [-0.39, 0.29) is 0 Å². The SMILES string of the molecule is C1=C2CN(Cc3ccccc3)CCN2CCN1Cc1ccccc1. The third kappa shape index (κ3) is 3.62. The topological polar surface area (TPSA) is 9.72 Å². The first-order valence-electron chi connectivity index (χ1n) is 8.87. The van der Waals surface area contributed by atoms with Gasteiger partial charge in [-0.05, 0) is 11.1 Å². The molecule has 2 heterocycles. The van der Waals surface area contributed by atoms with Gasteiger partial charge in [0.2, 0.25) is 0 Å². The maximum absolute atomic E-state index is 2.56. The molecule has 3 nitrogen and oxygen atoms in total. The lowest BCUT2D eigenvalue weighted by Crippen LogP contribution is -2.49. The highest BCUT2D eigenvalue weighted by atomic mass is 15.3. The Hall–Kier alpha value is -2.26. The van der Waals surface area contributed by atoms with Crippen molar-refractivity contribution in [1.29, 1.82) is 0 Å². The van der Waals surface area contributed by atoms with E-state index in [1.165, 1.54) is 16.8 Å². The van der Waals surface area contributed by atoms with E-state index in [0.29, 0.717) is 0 Å². The molecule has 24 heavy (non-hydrogen) atoms. The molecule has 0 saturated carbocycles. The van der Waals surface area contributed by atoms with E-state index in [2.05, 4.69) is 81.6 Å². The molecule has 0 amide bonds. The van der Waals surface area contributed by atoms with Crippen molar-refractivity contribution in [3.05, 3.63) is 83.7 Å². The van der Waals surface area contributed by atoms with Crippen LogP contribution in [-0.4, -0.2) is 47.4 Å². The summed E-state index contributed by atoms with van der Waals surface area (Å²) in [7, 11) is 0. The first-order chi connectivity index (χ1) is 11.9. The number of benzene rings is 2. The second-order valence-corrected chi connectivity index (χ2v) is 6.76. The number of nitrogens with zero attached hydrogens (tertiary/aromatic N) is 3. The second-order valence-electron chi connectivity index (χ2n) is 6.76. The minimum Gasteiger partial charge on any atom is -0.370 e. The Morgan fingerprint density at radius 3 is 2.00 bits per heavy atom. The largest absolute Gasteiger partial charge is 0.370 e. The summed E-state index contributed by atoms with van der Waals surface area (Å²) in [6.45, 7) is 7.69. The van der Waals surface area contributed by atoms with Gasteiger partial charge in [0.25, 0.3) is 0 Å². The number of hydrogen-bond acceptors (Lipinski definition) is 3. The lowest BCUT2D eigenvalue weighted by Gasteiger charge is -2.43. The van der Waals surface area contributed by atoms with Crippen molar-refractivity contribution < 1.29 is 0 Å². The molecule has 2 aliphatic heterocycles. The van der Waals surface area contributed by atoms with Gasteiger partial charge in [0.05, 0.1) is 0 Å². The van der Waals surface area contributed by atoms with E-state index < -0.39 is 0 Å². The predicted octanol–water partition coefficient (Wildman–Crippen LogP) is 3.16. The van der Waals surface area contributed by atoms with Crippen LogP contribution in [-0.2, 0) is 13.1 Å². The maximum atomic E-state index is 2.56. The number of fused-ring (bicyclic) bond motifs is 1.